The van der Waals surface area contributed by atoms with Crippen molar-refractivity contribution in [3.63, 3.8) is 0 Å². The van der Waals surface area contributed by atoms with Crippen LogP contribution in [0.1, 0.15) is 36.1 Å². The van der Waals surface area contributed by atoms with Crippen LogP contribution >= 0.6 is 0 Å². The van der Waals surface area contributed by atoms with E-state index >= 15 is 0 Å². The van der Waals surface area contributed by atoms with E-state index in [1.54, 1.807) is 23.0 Å². The summed E-state index contributed by atoms with van der Waals surface area (Å²) in [6.07, 6.45) is 4.67. The minimum absolute atomic E-state index is 0.0545. The third-order valence-electron chi connectivity index (χ3n) is 4.56. The van der Waals surface area contributed by atoms with E-state index < -0.39 is 0 Å². The second-order valence-electron chi connectivity index (χ2n) is 6.09. The normalized spacial score (nSPS) is 12.3. The molecule has 0 saturated heterocycles. The Morgan fingerprint density at radius 2 is 2.00 bits per heavy atom. The van der Waals surface area contributed by atoms with Crippen molar-refractivity contribution in [1.29, 1.82) is 0 Å². The van der Waals surface area contributed by atoms with E-state index in [4.69, 9.17) is 4.42 Å². The van der Waals surface area contributed by atoms with Gasteiger partial charge in [0, 0.05) is 12.2 Å². The highest BCUT2D eigenvalue weighted by Gasteiger charge is 2.22. The van der Waals surface area contributed by atoms with Gasteiger partial charge in [-0.3, -0.25) is 14.3 Å². The number of nitrogens with zero attached hydrogens (tertiary/aromatic N) is 3. The Balaban J connectivity index is 1.75. The zero-order valence-corrected chi connectivity index (χ0v) is 15.4. The minimum Gasteiger partial charge on any atom is -0.468 e. The predicted molar refractivity (Wildman–Crippen MR) is 100 cm³/mol. The molecule has 142 valence electrons. The van der Waals surface area contributed by atoms with Gasteiger partial charge in [-0.05, 0) is 49.5 Å². The smallest absolute Gasteiger partial charge is 0.269 e. The van der Waals surface area contributed by atoms with Crippen LogP contribution in [0, 0.1) is 5.82 Å². The Kier molecular flexibility index (Phi) is 6.03. The summed E-state index contributed by atoms with van der Waals surface area (Å²) in [4.78, 5) is 19.0. The lowest BCUT2D eigenvalue weighted by molar-refractivity contribution is 0.0923. The van der Waals surface area contributed by atoms with E-state index in [0.29, 0.717) is 17.9 Å². The second-order valence-corrected chi connectivity index (χ2v) is 6.09. The number of carbonyl (C=O) groups excluding carboxylic acids is 1. The average Bonchev–Trinajstić information content (AvgIpc) is 3.37. The summed E-state index contributed by atoms with van der Waals surface area (Å²) in [5.74, 6) is 0.233. The first-order valence-corrected chi connectivity index (χ1v) is 8.98. The monoisotopic (exact) mass is 370 g/mol. The fourth-order valence-corrected chi connectivity index (χ4v) is 3.11. The molecule has 1 amide bonds. The van der Waals surface area contributed by atoms with Gasteiger partial charge in [0.25, 0.3) is 5.91 Å². The topological polar surface area (TPSA) is 63.3 Å². The van der Waals surface area contributed by atoms with E-state index in [9.17, 15) is 9.18 Å². The summed E-state index contributed by atoms with van der Waals surface area (Å²) in [6.45, 7) is 6.23. The number of aromatic nitrogens is 2. The number of nitrogens with one attached hydrogen (secondary N) is 1. The molecule has 1 aromatic carbocycles. The van der Waals surface area contributed by atoms with E-state index in [1.807, 2.05) is 12.1 Å². The van der Waals surface area contributed by atoms with Crippen LogP contribution in [0.3, 0.4) is 0 Å². The van der Waals surface area contributed by atoms with Crippen molar-refractivity contribution in [1.82, 2.24) is 19.8 Å². The number of benzene rings is 1. The van der Waals surface area contributed by atoms with Crippen LogP contribution in [0.5, 0.6) is 0 Å². The lowest BCUT2D eigenvalue weighted by Gasteiger charge is -2.28. The van der Waals surface area contributed by atoms with Crippen LogP contribution in [0.4, 0.5) is 4.39 Å². The van der Waals surface area contributed by atoms with Gasteiger partial charge < -0.3 is 9.73 Å². The largest absolute Gasteiger partial charge is 0.468 e. The summed E-state index contributed by atoms with van der Waals surface area (Å²) in [6, 6.07) is 9.62. The van der Waals surface area contributed by atoms with Crippen molar-refractivity contribution in [2.75, 3.05) is 19.6 Å². The molecule has 0 bridgehead atoms. The van der Waals surface area contributed by atoms with E-state index in [1.165, 1.54) is 24.7 Å². The maximum absolute atomic E-state index is 13.2. The number of rotatable bonds is 8. The molecule has 3 aromatic rings. The lowest BCUT2D eigenvalue weighted by atomic mass is 10.2. The molecule has 2 aromatic heterocycles. The standard InChI is InChI=1S/C20H23FN4O2/c1-3-24(4-2)17(19-6-5-11-27-19)13-23-20(26)18-12-22-14-25(18)16-9-7-15(21)8-10-16/h5-12,14,17H,3-4,13H2,1-2H3,(H,23,26). The molecule has 0 aliphatic heterocycles. The van der Waals surface area contributed by atoms with Crippen molar-refractivity contribution in [3.8, 4) is 5.69 Å². The number of furan rings is 1. The molecule has 6 nitrogen and oxygen atoms in total. The maximum Gasteiger partial charge on any atom is 0.269 e. The van der Waals surface area contributed by atoms with Gasteiger partial charge in [0.2, 0.25) is 0 Å². The zero-order chi connectivity index (χ0) is 19.2. The summed E-state index contributed by atoms with van der Waals surface area (Å²) in [7, 11) is 0. The highest BCUT2D eigenvalue weighted by molar-refractivity contribution is 5.93. The Hall–Kier alpha value is -2.93. The SMILES string of the molecule is CCN(CC)C(CNC(=O)c1cncn1-c1ccc(F)cc1)c1ccco1. The number of halogens is 1. The first-order chi connectivity index (χ1) is 13.1. The van der Waals surface area contributed by atoms with Crippen LogP contribution in [0.25, 0.3) is 5.69 Å². The van der Waals surface area contributed by atoms with Gasteiger partial charge in [0.1, 0.15) is 17.3 Å². The molecule has 27 heavy (non-hydrogen) atoms. The molecule has 3 rings (SSSR count). The van der Waals surface area contributed by atoms with Crippen molar-refractivity contribution in [2.45, 2.75) is 19.9 Å². The zero-order valence-electron chi connectivity index (χ0n) is 15.4. The van der Waals surface area contributed by atoms with Crippen LogP contribution in [0.15, 0.2) is 59.6 Å². The Morgan fingerprint density at radius 3 is 2.63 bits per heavy atom. The van der Waals surface area contributed by atoms with Crippen LogP contribution < -0.4 is 5.32 Å². The molecule has 1 N–H and O–H groups in total. The van der Waals surface area contributed by atoms with Gasteiger partial charge in [0.05, 0.1) is 24.8 Å². The van der Waals surface area contributed by atoms with E-state index in [0.717, 1.165) is 18.8 Å². The van der Waals surface area contributed by atoms with Gasteiger partial charge >= 0.3 is 0 Å². The maximum atomic E-state index is 13.2. The number of imidazole rings is 1. The molecule has 7 heteroatoms. The average molecular weight is 370 g/mol. The third-order valence-corrected chi connectivity index (χ3v) is 4.56. The lowest BCUT2D eigenvalue weighted by Crippen LogP contribution is -2.38. The molecule has 0 saturated carbocycles. The van der Waals surface area contributed by atoms with Crippen LogP contribution in [-0.2, 0) is 0 Å². The third kappa shape index (κ3) is 4.25. The fourth-order valence-electron chi connectivity index (χ4n) is 3.11. The summed E-state index contributed by atoms with van der Waals surface area (Å²) in [5, 5.41) is 2.97. The Morgan fingerprint density at radius 1 is 1.26 bits per heavy atom. The molecule has 0 fully saturated rings. The van der Waals surface area contributed by atoms with Crippen LogP contribution in [-0.4, -0.2) is 40.0 Å². The van der Waals surface area contributed by atoms with Crippen molar-refractivity contribution in [2.24, 2.45) is 0 Å². The fraction of sp³-hybridized carbons (Fsp3) is 0.300. The highest BCUT2D eigenvalue weighted by Crippen LogP contribution is 2.20. The summed E-state index contributed by atoms with van der Waals surface area (Å²) >= 11 is 0. The van der Waals surface area contributed by atoms with Gasteiger partial charge in [0.15, 0.2) is 0 Å². The molecule has 0 spiro atoms. The highest BCUT2D eigenvalue weighted by atomic mass is 19.1. The Bertz CT molecular complexity index is 855. The quantitative estimate of drug-likeness (QED) is 0.660. The second kappa shape index (κ2) is 8.64. The number of hydrogen-bond donors (Lipinski definition) is 1. The number of carbonyl (C=O) groups is 1. The first kappa shape index (κ1) is 18.8. The first-order valence-electron chi connectivity index (χ1n) is 8.98. The van der Waals surface area contributed by atoms with Crippen molar-refractivity contribution in [3.05, 3.63) is 72.5 Å². The predicted octanol–water partition coefficient (Wildman–Crippen LogP) is 3.42. The van der Waals surface area contributed by atoms with Gasteiger partial charge in [-0.15, -0.1) is 0 Å². The van der Waals surface area contributed by atoms with Crippen LogP contribution in [0.2, 0.25) is 0 Å². The summed E-state index contributed by atoms with van der Waals surface area (Å²) in [5.41, 5.74) is 1.06. The van der Waals surface area contributed by atoms with E-state index in [2.05, 4.69) is 29.0 Å². The Labute approximate surface area is 157 Å². The molecular weight excluding hydrogens is 347 g/mol. The molecule has 1 atom stereocenters. The molecule has 1 unspecified atom stereocenters. The van der Waals surface area contributed by atoms with Crippen molar-refractivity contribution < 1.29 is 13.6 Å². The molecule has 0 aliphatic carbocycles. The van der Waals surface area contributed by atoms with Gasteiger partial charge in [-0.25, -0.2) is 9.37 Å². The van der Waals surface area contributed by atoms with Gasteiger partial charge in [-0.1, -0.05) is 13.8 Å². The minimum atomic E-state index is -0.328. The number of hydrogen-bond acceptors (Lipinski definition) is 4. The van der Waals surface area contributed by atoms with Gasteiger partial charge in [-0.2, -0.15) is 0 Å². The van der Waals surface area contributed by atoms with E-state index in [-0.39, 0.29) is 17.8 Å². The summed E-state index contributed by atoms with van der Waals surface area (Å²) < 4.78 is 20.4. The molecule has 0 radical (unpaired) electrons. The molecule has 0 aliphatic rings. The van der Waals surface area contributed by atoms with Crippen molar-refractivity contribution >= 4 is 5.91 Å². The molecule has 2 heterocycles. The molecular formula is C20H23FN4O2. The number of likely N-dealkylation sites (N-methyl/N-ethyl adjacent to an activating group) is 1. The number of amides is 1.